The molecule has 0 unspecified atom stereocenters. The third-order valence-electron chi connectivity index (χ3n) is 4.45. The Bertz CT molecular complexity index is 795. The van der Waals surface area contributed by atoms with Crippen molar-refractivity contribution in [2.75, 3.05) is 44.7 Å². The monoisotopic (exact) mass is 415 g/mol. The van der Waals surface area contributed by atoms with Crippen LogP contribution in [0.25, 0.3) is 0 Å². The van der Waals surface area contributed by atoms with Crippen molar-refractivity contribution in [3.63, 3.8) is 0 Å². The lowest BCUT2D eigenvalue weighted by atomic mass is 10.2. The molecule has 0 aliphatic carbocycles. The van der Waals surface area contributed by atoms with E-state index in [1.165, 1.54) is 12.1 Å². The van der Waals surface area contributed by atoms with E-state index in [-0.39, 0.29) is 5.82 Å². The summed E-state index contributed by atoms with van der Waals surface area (Å²) in [5.74, 6) is 0.459. The van der Waals surface area contributed by atoms with E-state index < -0.39 is 11.9 Å². The van der Waals surface area contributed by atoms with Gasteiger partial charge in [0.25, 0.3) is 0 Å². The number of guanidine groups is 1. The van der Waals surface area contributed by atoms with E-state index >= 15 is 0 Å². The second-order valence-electron chi connectivity index (χ2n) is 6.30. The van der Waals surface area contributed by atoms with Gasteiger partial charge < -0.3 is 15.1 Å². The first kappa shape index (κ1) is 20.4. The molecule has 1 aliphatic heterocycles. The normalized spacial score (nSPS) is 15.8. The average Bonchev–Trinajstić information content (AvgIpc) is 3.16. The minimum atomic E-state index is -4.40. The number of anilines is 1. The van der Waals surface area contributed by atoms with Gasteiger partial charge in [0.2, 0.25) is 0 Å². The van der Waals surface area contributed by atoms with E-state index in [2.05, 4.69) is 25.1 Å². The number of alkyl halides is 3. The molecule has 2 aromatic rings. The van der Waals surface area contributed by atoms with Gasteiger partial charge in [0.1, 0.15) is 5.82 Å². The Balaban J connectivity index is 1.47. The van der Waals surface area contributed by atoms with Gasteiger partial charge in [0.15, 0.2) is 11.7 Å². The Morgan fingerprint density at radius 2 is 1.86 bits per heavy atom. The zero-order valence-electron chi connectivity index (χ0n) is 15.3. The van der Waals surface area contributed by atoms with E-state index in [9.17, 15) is 17.6 Å². The lowest BCUT2D eigenvalue weighted by Crippen LogP contribution is -2.52. The highest BCUT2D eigenvalue weighted by atomic mass is 32.1. The zero-order valence-corrected chi connectivity index (χ0v) is 16.2. The molecule has 0 bridgehead atoms. The van der Waals surface area contributed by atoms with Gasteiger partial charge in [-0.1, -0.05) is 0 Å². The molecule has 1 aliphatic rings. The van der Waals surface area contributed by atoms with Gasteiger partial charge in [0, 0.05) is 57.3 Å². The molecule has 2 heterocycles. The first-order valence-electron chi connectivity index (χ1n) is 8.84. The number of hydrogen-bond acceptors (Lipinski definition) is 4. The summed E-state index contributed by atoms with van der Waals surface area (Å²) in [5.41, 5.74) is 0.141. The third-order valence-corrected chi connectivity index (χ3v) is 5.36. The standard InChI is InChI=1S/C18H21F4N5S/c1-23-17(24-7-6-16-25-15(12-28-16)18(20,21)22)27-10-8-26(9-11-27)14-4-2-13(19)3-5-14/h2-5,12H,6-11H2,1H3,(H,23,24). The first-order chi connectivity index (χ1) is 13.4. The number of rotatable bonds is 4. The molecular formula is C18H21F4N5S. The van der Waals surface area contributed by atoms with Gasteiger partial charge in [-0.25, -0.2) is 9.37 Å². The molecule has 1 fully saturated rings. The number of hydrogen-bond donors (Lipinski definition) is 1. The van der Waals surface area contributed by atoms with E-state index in [0.717, 1.165) is 48.6 Å². The van der Waals surface area contributed by atoms with Crippen LogP contribution in [-0.2, 0) is 12.6 Å². The van der Waals surface area contributed by atoms with Gasteiger partial charge in [-0.05, 0) is 24.3 Å². The Hall–Kier alpha value is -2.36. The second kappa shape index (κ2) is 8.76. The summed E-state index contributed by atoms with van der Waals surface area (Å²) in [5, 5.41) is 4.67. The largest absolute Gasteiger partial charge is 0.434 e. The number of nitrogens with one attached hydrogen (secondary N) is 1. The fraction of sp³-hybridized carbons (Fsp3) is 0.444. The molecule has 0 spiro atoms. The molecule has 0 atom stereocenters. The fourth-order valence-electron chi connectivity index (χ4n) is 3.00. The molecule has 1 aromatic carbocycles. The van der Waals surface area contributed by atoms with Crippen LogP contribution in [-0.4, -0.2) is 55.6 Å². The van der Waals surface area contributed by atoms with Crippen molar-refractivity contribution >= 4 is 23.0 Å². The zero-order chi connectivity index (χ0) is 20.1. The summed E-state index contributed by atoms with van der Waals surface area (Å²) in [6, 6.07) is 6.43. The van der Waals surface area contributed by atoms with Gasteiger partial charge in [-0.3, -0.25) is 4.99 Å². The van der Waals surface area contributed by atoms with Crippen LogP contribution in [0.1, 0.15) is 10.7 Å². The minimum Gasteiger partial charge on any atom is -0.368 e. The lowest BCUT2D eigenvalue weighted by molar-refractivity contribution is -0.140. The van der Waals surface area contributed by atoms with Crippen molar-refractivity contribution in [2.24, 2.45) is 4.99 Å². The Labute approximate surface area is 164 Å². The molecule has 1 aromatic heterocycles. The molecule has 1 N–H and O–H groups in total. The van der Waals surface area contributed by atoms with Gasteiger partial charge >= 0.3 is 6.18 Å². The van der Waals surface area contributed by atoms with Crippen molar-refractivity contribution in [3.8, 4) is 0 Å². The van der Waals surface area contributed by atoms with Crippen LogP contribution in [0.2, 0.25) is 0 Å². The van der Waals surface area contributed by atoms with Crippen LogP contribution in [0.3, 0.4) is 0 Å². The highest BCUT2D eigenvalue weighted by molar-refractivity contribution is 7.09. The van der Waals surface area contributed by atoms with Crippen LogP contribution < -0.4 is 10.2 Å². The van der Waals surface area contributed by atoms with E-state index in [1.54, 1.807) is 19.2 Å². The molecule has 0 amide bonds. The van der Waals surface area contributed by atoms with E-state index in [4.69, 9.17) is 0 Å². The fourth-order valence-corrected chi connectivity index (χ4v) is 3.80. The third kappa shape index (κ3) is 5.12. The summed E-state index contributed by atoms with van der Waals surface area (Å²) in [6.45, 7) is 3.48. The predicted octanol–water partition coefficient (Wildman–Crippen LogP) is 3.24. The van der Waals surface area contributed by atoms with Crippen LogP contribution in [0.5, 0.6) is 0 Å². The highest BCUT2D eigenvalue weighted by Gasteiger charge is 2.33. The predicted molar refractivity (Wildman–Crippen MR) is 102 cm³/mol. The maximum absolute atomic E-state index is 13.1. The summed E-state index contributed by atoms with van der Waals surface area (Å²) in [6.07, 6.45) is -4.00. The van der Waals surface area contributed by atoms with Crippen LogP contribution in [0, 0.1) is 5.82 Å². The highest BCUT2D eigenvalue weighted by Crippen LogP contribution is 2.30. The number of aromatic nitrogens is 1. The molecule has 0 radical (unpaired) electrons. The Kier molecular flexibility index (Phi) is 6.38. The summed E-state index contributed by atoms with van der Waals surface area (Å²) >= 11 is 1.01. The molecule has 0 saturated carbocycles. The van der Waals surface area contributed by atoms with Crippen molar-refractivity contribution in [1.29, 1.82) is 0 Å². The number of benzene rings is 1. The van der Waals surface area contributed by atoms with Crippen molar-refractivity contribution in [3.05, 3.63) is 46.2 Å². The number of thiazole rings is 1. The van der Waals surface area contributed by atoms with Crippen LogP contribution >= 0.6 is 11.3 Å². The van der Waals surface area contributed by atoms with Crippen LogP contribution in [0.15, 0.2) is 34.6 Å². The smallest absolute Gasteiger partial charge is 0.368 e. The molecule has 5 nitrogen and oxygen atoms in total. The Morgan fingerprint density at radius 3 is 2.43 bits per heavy atom. The quantitative estimate of drug-likeness (QED) is 0.473. The number of halogens is 4. The van der Waals surface area contributed by atoms with Crippen molar-refractivity contribution < 1.29 is 17.6 Å². The average molecular weight is 415 g/mol. The van der Waals surface area contributed by atoms with Crippen molar-refractivity contribution in [1.82, 2.24) is 15.2 Å². The Morgan fingerprint density at radius 1 is 1.18 bits per heavy atom. The summed E-state index contributed by atoms with van der Waals surface area (Å²) < 4.78 is 50.9. The second-order valence-corrected chi connectivity index (χ2v) is 7.24. The molecule has 3 rings (SSSR count). The van der Waals surface area contributed by atoms with Gasteiger partial charge in [-0.15, -0.1) is 11.3 Å². The number of nitrogens with zero attached hydrogens (tertiary/aromatic N) is 4. The summed E-state index contributed by atoms with van der Waals surface area (Å²) in [7, 11) is 1.68. The molecule has 1 saturated heterocycles. The van der Waals surface area contributed by atoms with Gasteiger partial charge in [0.05, 0.1) is 5.01 Å². The summed E-state index contributed by atoms with van der Waals surface area (Å²) in [4.78, 5) is 12.2. The van der Waals surface area contributed by atoms with E-state index in [1.807, 2.05) is 0 Å². The van der Waals surface area contributed by atoms with E-state index in [0.29, 0.717) is 23.9 Å². The minimum absolute atomic E-state index is 0.255. The molecule has 28 heavy (non-hydrogen) atoms. The number of piperazine rings is 1. The molecular weight excluding hydrogens is 394 g/mol. The molecule has 10 heteroatoms. The van der Waals surface area contributed by atoms with Crippen molar-refractivity contribution in [2.45, 2.75) is 12.6 Å². The number of aliphatic imine (C=N–C) groups is 1. The van der Waals surface area contributed by atoms with Gasteiger partial charge in [-0.2, -0.15) is 13.2 Å². The first-order valence-corrected chi connectivity index (χ1v) is 9.72. The lowest BCUT2D eigenvalue weighted by Gasteiger charge is -2.37. The maximum Gasteiger partial charge on any atom is 0.434 e. The molecule has 152 valence electrons. The van der Waals surface area contributed by atoms with Crippen LogP contribution in [0.4, 0.5) is 23.2 Å². The SMILES string of the molecule is CN=C(NCCc1nc(C(F)(F)F)cs1)N1CCN(c2ccc(F)cc2)CC1. The topological polar surface area (TPSA) is 43.8 Å². The maximum atomic E-state index is 13.1.